The molecule has 0 saturated heterocycles. The van der Waals surface area contributed by atoms with Gasteiger partial charge in [0.2, 0.25) is 0 Å². The van der Waals surface area contributed by atoms with E-state index in [1.807, 2.05) is 0 Å². The maximum atomic E-state index is 12.9. The van der Waals surface area contributed by atoms with Crippen molar-refractivity contribution in [3.05, 3.63) is 30.1 Å². The summed E-state index contributed by atoms with van der Waals surface area (Å²) in [6, 6.07) is 1.89. The van der Waals surface area contributed by atoms with Crippen LogP contribution >= 0.6 is 0 Å². The van der Waals surface area contributed by atoms with Crippen LogP contribution in [0.3, 0.4) is 0 Å². The number of H-pyrrole nitrogens is 1. The van der Waals surface area contributed by atoms with Gasteiger partial charge in [-0.2, -0.15) is 5.10 Å². The zero-order chi connectivity index (χ0) is 10.1. The van der Waals surface area contributed by atoms with E-state index in [1.54, 1.807) is 0 Å². The molecule has 1 aromatic carbocycles. The molecule has 0 atom stereocenters. The second-order valence-electron chi connectivity index (χ2n) is 2.69. The molecule has 2 aromatic rings. The second kappa shape index (κ2) is 3.06. The summed E-state index contributed by atoms with van der Waals surface area (Å²) in [6.45, 7) is 0. The molecule has 2 rings (SSSR count). The fourth-order valence-electron chi connectivity index (χ4n) is 1.10. The van der Waals surface area contributed by atoms with Crippen molar-refractivity contribution in [3.8, 4) is 11.4 Å². The lowest BCUT2D eigenvalue weighted by Gasteiger charge is -2.02. The Kier molecular flexibility index (Phi) is 1.88. The molecule has 0 aliphatic heterocycles. The number of nitrogens with one attached hydrogen (secondary N) is 1. The molecule has 3 N–H and O–H groups in total. The van der Waals surface area contributed by atoms with Gasteiger partial charge < -0.3 is 5.73 Å². The van der Waals surface area contributed by atoms with E-state index in [4.69, 9.17) is 5.73 Å². The van der Waals surface area contributed by atoms with Gasteiger partial charge in [-0.25, -0.2) is 13.8 Å². The first kappa shape index (κ1) is 8.61. The Bertz CT molecular complexity index is 453. The van der Waals surface area contributed by atoms with Gasteiger partial charge in [0.05, 0.1) is 0 Å². The van der Waals surface area contributed by atoms with Crippen molar-refractivity contribution in [1.29, 1.82) is 0 Å². The molecular weight excluding hydrogens is 190 g/mol. The quantitative estimate of drug-likeness (QED) is 0.676. The van der Waals surface area contributed by atoms with Gasteiger partial charge in [0.1, 0.15) is 6.33 Å². The predicted molar refractivity (Wildman–Crippen MR) is 46.1 cm³/mol. The van der Waals surface area contributed by atoms with E-state index in [9.17, 15) is 8.78 Å². The minimum atomic E-state index is -0.981. The highest BCUT2D eigenvalue weighted by molar-refractivity contribution is 5.71. The van der Waals surface area contributed by atoms with Crippen LogP contribution in [-0.4, -0.2) is 15.2 Å². The Hall–Kier alpha value is -1.98. The zero-order valence-electron chi connectivity index (χ0n) is 6.96. The van der Waals surface area contributed by atoms with Crippen LogP contribution < -0.4 is 5.73 Å². The minimum absolute atomic E-state index is 0.112. The third-order valence-corrected chi connectivity index (χ3v) is 1.76. The van der Waals surface area contributed by atoms with Crippen LogP contribution in [0.25, 0.3) is 11.4 Å². The van der Waals surface area contributed by atoms with Crippen LogP contribution in [0.5, 0.6) is 0 Å². The smallest absolute Gasteiger partial charge is 0.160 e. The number of anilines is 1. The first-order valence-electron chi connectivity index (χ1n) is 3.78. The molecule has 0 unspecified atom stereocenters. The molecule has 0 radical (unpaired) electrons. The third kappa shape index (κ3) is 1.30. The van der Waals surface area contributed by atoms with Gasteiger partial charge in [-0.05, 0) is 6.07 Å². The van der Waals surface area contributed by atoms with Crippen LogP contribution in [-0.2, 0) is 0 Å². The Balaban J connectivity index is 2.60. The van der Waals surface area contributed by atoms with Crippen molar-refractivity contribution in [2.45, 2.75) is 0 Å². The van der Waals surface area contributed by atoms with E-state index in [2.05, 4.69) is 15.2 Å². The lowest BCUT2D eigenvalue weighted by molar-refractivity contribution is 0.509. The lowest BCUT2D eigenvalue weighted by atomic mass is 10.1. The topological polar surface area (TPSA) is 67.6 Å². The van der Waals surface area contributed by atoms with Gasteiger partial charge in [-0.3, -0.25) is 5.10 Å². The molecule has 6 heteroatoms. The summed E-state index contributed by atoms with van der Waals surface area (Å²) in [7, 11) is 0. The molecule has 1 aromatic heterocycles. The number of aromatic nitrogens is 3. The van der Waals surface area contributed by atoms with Gasteiger partial charge in [0, 0.05) is 17.3 Å². The van der Waals surface area contributed by atoms with Crippen LogP contribution in [0.15, 0.2) is 18.5 Å². The SMILES string of the molecule is Nc1cc(F)c(F)cc1-c1ncn[nH]1. The standard InChI is InChI=1S/C8H6F2N4/c9-5-1-4(7(11)2-6(5)10)8-12-3-13-14-8/h1-3H,11H2,(H,12,13,14). The van der Waals surface area contributed by atoms with E-state index < -0.39 is 11.6 Å². The van der Waals surface area contributed by atoms with Crippen LogP contribution in [0.2, 0.25) is 0 Å². The van der Waals surface area contributed by atoms with Gasteiger partial charge in [-0.1, -0.05) is 0 Å². The average Bonchev–Trinajstić information content (AvgIpc) is 2.64. The molecule has 0 aliphatic rings. The van der Waals surface area contributed by atoms with E-state index in [-0.39, 0.29) is 5.69 Å². The first-order chi connectivity index (χ1) is 6.68. The number of rotatable bonds is 1. The van der Waals surface area contributed by atoms with Crippen molar-refractivity contribution in [2.24, 2.45) is 0 Å². The molecular formula is C8H6F2N4. The van der Waals surface area contributed by atoms with E-state index in [0.717, 1.165) is 12.1 Å². The summed E-state index contributed by atoms with van der Waals surface area (Å²) >= 11 is 0. The Morgan fingerprint density at radius 2 is 1.93 bits per heavy atom. The predicted octanol–water partition coefficient (Wildman–Crippen LogP) is 1.33. The number of nitrogen functional groups attached to an aromatic ring is 1. The average molecular weight is 196 g/mol. The Labute approximate surface area is 77.8 Å². The van der Waals surface area contributed by atoms with E-state index >= 15 is 0 Å². The van der Waals surface area contributed by atoms with Crippen molar-refractivity contribution in [2.75, 3.05) is 5.73 Å². The zero-order valence-corrected chi connectivity index (χ0v) is 6.96. The molecule has 0 amide bonds. The highest BCUT2D eigenvalue weighted by Crippen LogP contribution is 2.24. The highest BCUT2D eigenvalue weighted by atomic mass is 19.2. The fraction of sp³-hybridized carbons (Fsp3) is 0. The van der Waals surface area contributed by atoms with E-state index in [0.29, 0.717) is 11.4 Å². The molecule has 72 valence electrons. The normalized spacial score (nSPS) is 10.4. The number of benzene rings is 1. The number of hydrogen-bond donors (Lipinski definition) is 2. The van der Waals surface area contributed by atoms with Crippen molar-refractivity contribution < 1.29 is 8.78 Å². The number of hydrogen-bond acceptors (Lipinski definition) is 3. The van der Waals surface area contributed by atoms with Crippen LogP contribution in [0, 0.1) is 11.6 Å². The second-order valence-corrected chi connectivity index (χ2v) is 2.69. The van der Waals surface area contributed by atoms with Crippen molar-refractivity contribution in [3.63, 3.8) is 0 Å². The summed E-state index contributed by atoms with van der Waals surface area (Å²) in [5.41, 5.74) is 5.89. The molecule has 0 aliphatic carbocycles. The summed E-state index contributed by atoms with van der Waals surface area (Å²) < 4.78 is 25.6. The molecule has 4 nitrogen and oxygen atoms in total. The monoisotopic (exact) mass is 196 g/mol. The van der Waals surface area contributed by atoms with Gasteiger partial charge in [-0.15, -0.1) is 0 Å². The summed E-state index contributed by atoms with van der Waals surface area (Å²) in [5.74, 6) is -1.64. The van der Waals surface area contributed by atoms with Gasteiger partial charge in [0.25, 0.3) is 0 Å². The largest absolute Gasteiger partial charge is 0.398 e. The minimum Gasteiger partial charge on any atom is -0.398 e. The van der Waals surface area contributed by atoms with Gasteiger partial charge >= 0.3 is 0 Å². The first-order valence-corrected chi connectivity index (χ1v) is 3.78. The molecule has 0 bridgehead atoms. The molecule has 1 heterocycles. The Morgan fingerprint density at radius 1 is 1.21 bits per heavy atom. The third-order valence-electron chi connectivity index (χ3n) is 1.76. The molecule has 0 spiro atoms. The molecule has 14 heavy (non-hydrogen) atoms. The number of nitrogens with two attached hydrogens (primary N) is 1. The summed E-state index contributed by atoms with van der Waals surface area (Å²) in [6.07, 6.45) is 1.26. The molecule has 0 fully saturated rings. The van der Waals surface area contributed by atoms with Crippen LogP contribution in [0.1, 0.15) is 0 Å². The number of nitrogens with zero attached hydrogens (tertiary/aromatic N) is 2. The van der Waals surface area contributed by atoms with Crippen molar-refractivity contribution >= 4 is 5.69 Å². The van der Waals surface area contributed by atoms with E-state index in [1.165, 1.54) is 6.33 Å². The Morgan fingerprint density at radius 3 is 2.57 bits per heavy atom. The number of aromatic amines is 1. The maximum absolute atomic E-state index is 12.9. The summed E-state index contributed by atoms with van der Waals surface area (Å²) in [4.78, 5) is 3.78. The van der Waals surface area contributed by atoms with Gasteiger partial charge in [0.15, 0.2) is 17.5 Å². The maximum Gasteiger partial charge on any atom is 0.160 e. The highest BCUT2D eigenvalue weighted by Gasteiger charge is 2.10. The molecule has 0 saturated carbocycles. The fourth-order valence-corrected chi connectivity index (χ4v) is 1.10. The summed E-state index contributed by atoms with van der Waals surface area (Å²) in [5, 5.41) is 6.09. The lowest BCUT2D eigenvalue weighted by Crippen LogP contribution is -1.95. The van der Waals surface area contributed by atoms with Crippen molar-refractivity contribution in [1.82, 2.24) is 15.2 Å². The number of halogens is 2. The van der Waals surface area contributed by atoms with Crippen LogP contribution in [0.4, 0.5) is 14.5 Å².